The van der Waals surface area contributed by atoms with Crippen LogP contribution in [0.1, 0.15) is 12.5 Å². The van der Waals surface area contributed by atoms with Gasteiger partial charge in [-0.1, -0.05) is 30.3 Å². The fraction of sp³-hybridized carbons (Fsp3) is 0.167. The largest absolute Gasteiger partial charge is 0.472 e. The Balaban J connectivity index is 1.82. The highest BCUT2D eigenvalue weighted by Crippen LogP contribution is 2.24. The Morgan fingerprint density at radius 2 is 2.04 bits per heavy atom. The van der Waals surface area contributed by atoms with Crippen molar-refractivity contribution in [3.8, 4) is 11.3 Å². The van der Waals surface area contributed by atoms with E-state index in [2.05, 4.69) is 33.0 Å². The molecule has 4 aromatic rings. The first kappa shape index (κ1) is 14.4. The van der Waals surface area contributed by atoms with E-state index >= 15 is 0 Å². The fourth-order valence-corrected chi connectivity index (χ4v) is 2.74. The second-order valence-electron chi connectivity index (χ2n) is 5.48. The summed E-state index contributed by atoms with van der Waals surface area (Å²) in [4.78, 5) is 11.1. The van der Waals surface area contributed by atoms with Crippen molar-refractivity contribution in [2.45, 2.75) is 13.5 Å². The number of anilines is 1. The van der Waals surface area contributed by atoms with E-state index in [9.17, 15) is 0 Å². The molecule has 4 rings (SSSR count). The van der Waals surface area contributed by atoms with Gasteiger partial charge >= 0.3 is 0 Å². The number of aromatic nitrogens is 4. The molecule has 0 saturated carbocycles. The molecule has 6 nitrogen and oxygen atoms in total. The van der Waals surface area contributed by atoms with Gasteiger partial charge in [0.15, 0.2) is 0 Å². The Kier molecular flexibility index (Phi) is 3.70. The van der Waals surface area contributed by atoms with Crippen LogP contribution in [-0.4, -0.2) is 26.1 Å². The molecule has 1 aromatic carbocycles. The lowest BCUT2D eigenvalue weighted by Gasteiger charge is -2.23. The highest BCUT2D eigenvalue weighted by molar-refractivity contribution is 5.65. The Labute approximate surface area is 139 Å². The molecule has 0 bridgehead atoms. The SMILES string of the molecule is CCN(Cc1ccoc1)c1cc(-c2ccccc2)nc2ncnn12. The summed E-state index contributed by atoms with van der Waals surface area (Å²) >= 11 is 0. The zero-order valence-electron chi connectivity index (χ0n) is 13.3. The average Bonchev–Trinajstić information content (AvgIpc) is 3.31. The highest BCUT2D eigenvalue weighted by Gasteiger charge is 2.15. The van der Waals surface area contributed by atoms with E-state index in [1.807, 2.05) is 36.4 Å². The monoisotopic (exact) mass is 319 g/mol. The van der Waals surface area contributed by atoms with Gasteiger partial charge in [-0.15, -0.1) is 0 Å². The minimum absolute atomic E-state index is 0.594. The van der Waals surface area contributed by atoms with Gasteiger partial charge in [0.25, 0.3) is 5.78 Å². The van der Waals surface area contributed by atoms with Gasteiger partial charge in [-0.2, -0.15) is 14.6 Å². The fourth-order valence-electron chi connectivity index (χ4n) is 2.74. The smallest absolute Gasteiger partial charge is 0.254 e. The molecule has 0 fully saturated rings. The van der Waals surface area contributed by atoms with Crippen LogP contribution in [-0.2, 0) is 6.54 Å². The summed E-state index contributed by atoms with van der Waals surface area (Å²) in [6, 6.07) is 14.1. The first-order chi connectivity index (χ1) is 11.8. The van der Waals surface area contributed by atoms with Crippen molar-refractivity contribution in [3.05, 3.63) is 66.9 Å². The van der Waals surface area contributed by atoms with E-state index < -0.39 is 0 Å². The minimum Gasteiger partial charge on any atom is -0.472 e. The van der Waals surface area contributed by atoms with E-state index in [0.29, 0.717) is 5.78 Å². The van der Waals surface area contributed by atoms with Crippen molar-refractivity contribution in [2.75, 3.05) is 11.4 Å². The summed E-state index contributed by atoms with van der Waals surface area (Å²) < 4.78 is 6.96. The maximum atomic E-state index is 5.19. The number of benzene rings is 1. The quantitative estimate of drug-likeness (QED) is 0.564. The number of hydrogen-bond acceptors (Lipinski definition) is 5. The van der Waals surface area contributed by atoms with E-state index in [4.69, 9.17) is 4.42 Å². The van der Waals surface area contributed by atoms with Crippen molar-refractivity contribution >= 4 is 11.6 Å². The van der Waals surface area contributed by atoms with Crippen LogP contribution in [0.4, 0.5) is 5.82 Å². The molecular formula is C18H17N5O. The Bertz CT molecular complexity index is 931. The van der Waals surface area contributed by atoms with Crippen LogP contribution in [0.3, 0.4) is 0 Å². The summed E-state index contributed by atoms with van der Waals surface area (Å²) in [5.74, 6) is 1.55. The van der Waals surface area contributed by atoms with Crippen molar-refractivity contribution in [1.82, 2.24) is 19.6 Å². The third kappa shape index (κ3) is 2.62. The molecule has 0 spiro atoms. The molecule has 24 heavy (non-hydrogen) atoms. The first-order valence-corrected chi connectivity index (χ1v) is 7.87. The number of furan rings is 1. The maximum absolute atomic E-state index is 5.19. The van der Waals surface area contributed by atoms with Crippen LogP contribution in [0, 0.1) is 0 Å². The molecule has 3 heterocycles. The molecule has 0 aliphatic carbocycles. The van der Waals surface area contributed by atoms with Crippen LogP contribution in [0.15, 0.2) is 65.7 Å². The van der Waals surface area contributed by atoms with Gasteiger partial charge in [0.2, 0.25) is 0 Å². The molecule has 0 saturated heterocycles. The molecule has 120 valence electrons. The van der Waals surface area contributed by atoms with Crippen molar-refractivity contribution in [3.63, 3.8) is 0 Å². The minimum atomic E-state index is 0.594. The lowest BCUT2D eigenvalue weighted by Crippen LogP contribution is -2.24. The van der Waals surface area contributed by atoms with Gasteiger partial charge < -0.3 is 9.32 Å². The van der Waals surface area contributed by atoms with E-state index in [1.165, 1.54) is 6.33 Å². The number of fused-ring (bicyclic) bond motifs is 1. The summed E-state index contributed by atoms with van der Waals surface area (Å²) in [5, 5.41) is 4.33. The van der Waals surface area contributed by atoms with E-state index in [-0.39, 0.29) is 0 Å². The predicted molar refractivity (Wildman–Crippen MR) is 91.7 cm³/mol. The van der Waals surface area contributed by atoms with Crippen molar-refractivity contribution < 1.29 is 4.42 Å². The third-order valence-corrected chi connectivity index (χ3v) is 3.96. The molecule has 0 aliphatic rings. The zero-order valence-corrected chi connectivity index (χ0v) is 13.3. The summed E-state index contributed by atoms with van der Waals surface area (Å²) in [6.07, 6.45) is 4.99. The van der Waals surface area contributed by atoms with Crippen molar-refractivity contribution in [1.29, 1.82) is 0 Å². The molecule has 0 radical (unpaired) electrons. The van der Waals surface area contributed by atoms with Crippen molar-refractivity contribution in [2.24, 2.45) is 0 Å². The Morgan fingerprint density at radius 1 is 1.17 bits per heavy atom. The molecule has 3 aromatic heterocycles. The van der Waals surface area contributed by atoms with Crippen LogP contribution in [0.2, 0.25) is 0 Å². The highest BCUT2D eigenvalue weighted by atomic mass is 16.3. The van der Waals surface area contributed by atoms with Gasteiger partial charge in [-0.05, 0) is 13.0 Å². The van der Waals surface area contributed by atoms with Gasteiger partial charge in [-0.25, -0.2) is 4.98 Å². The normalized spacial score (nSPS) is 11.0. The number of rotatable bonds is 5. The third-order valence-electron chi connectivity index (χ3n) is 3.96. The van der Waals surface area contributed by atoms with E-state index in [0.717, 1.165) is 35.7 Å². The number of nitrogens with zero attached hydrogens (tertiary/aromatic N) is 5. The number of hydrogen-bond donors (Lipinski definition) is 0. The van der Waals surface area contributed by atoms with Crippen LogP contribution >= 0.6 is 0 Å². The Hall–Kier alpha value is -3.15. The van der Waals surface area contributed by atoms with Crippen LogP contribution in [0.25, 0.3) is 17.0 Å². The lowest BCUT2D eigenvalue weighted by atomic mass is 10.1. The van der Waals surface area contributed by atoms with Gasteiger partial charge in [0.1, 0.15) is 12.1 Å². The summed E-state index contributed by atoms with van der Waals surface area (Å²) in [5.41, 5.74) is 3.06. The predicted octanol–water partition coefficient (Wildman–Crippen LogP) is 3.41. The molecule has 0 aliphatic heterocycles. The van der Waals surface area contributed by atoms with Gasteiger partial charge in [-0.3, -0.25) is 0 Å². The maximum Gasteiger partial charge on any atom is 0.254 e. The molecule has 0 atom stereocenters. The zero-order chi connectivity index (χ0) is 16.4. The molecule has 0 unspecified atom stereocenters. The second-order valence-corrected chi connectivity index (χ2v) is 5.48. The molecule has 6 heteroatoms. The van der Waals surface area contributed by atoms with E-state index in [1.54, 1.807) is 17.0 Å². The summed E-state index contributed by atoms with van der Waals surface area (Å²) in [7, 11) is 0. The lowest BCUT2D eigenvalue weighted by molar-refractivity contribution is 0.563. The van der Waals surface area contributed by atoms with Gasteiger partial charge in [0.05, 0.1) is 18.2 Å². The molecule has 0 N–H and O–H groups in total. The van der Waals surface area contributed by atoms with Crippen LogP contribution in [0.5, 0.6) is 0 Å². The van der Waals surface area contributed by atoms with Gasteiger partial charge in [0, 0.05) is 30.3 Å². The molecule has 0 amide bonds. The van der Waals surface area contributed by atoms with Crippen LogP contribution < -0.4 is 4.90 Å². The average molecular weight is 319 g/mol. The topological polar surface area (TPSA) is 59.5 Å². The first-order valence-electron chi connectivity index (χ1n) is 7.87. The Morgan fingerprint density at radius 3 is 2.79 bits per heavy atom. The second kappa shape index (κ2) is 6.16. The summed E-state index contributed by atoms with van der Waals surface area (Å²) in [6.45, 7) is 3.68. The molecular weight excluding hydrogens is 302 g/mol. The standard InChI is InChI=1S/C18H17N5O/c1-2-22(11-14-8-9-24-12-14)17-10-16(15-6-4-3-5-7-15)21-18-19-13-20-23(17)18/h3-10,12-13H,2,11H2,1H3.